The molecule has 0 aliphatic carbocycles. The maximum absolute atomic E-state index is 11.9. The van der Waals surface area contributed by atoms with Crippen LogP contribution in [-0.4, -0.2) is 21.9 Å². The third-order valence-electron chi connectivity index (χ3n) is 2.80. The van der Waals surface area contributed by atoms with E-state index >= 15 is 0 Å². The normalized spacial score (nSPS) is 12.6. The molecule has 0 bridgehead atoms. The number of aromatic nitrogens is 2. The number of hydrogen-bond donors (Lipinski definition) is 4. The van der Waals surface area contributed by atoms with Gasteiger partial charge in [-0.05, 0) is 34.5 Å². The predicted octanol–water partition coefficient (Wildman–Crippen LogP) is 1.68. The first-order valence-corrected chi connectivity index (χ1v) is 6.78. The zero-order valence-electron chi connectivity index (χ0n) is 10.4. The molecule has 2 rings (SSSR count). The van der Waals surface area contributed by atoms with Crippen LogP contribution in [0.3, 0.4) is 0 Å². The number of carbonyl (C=O) groups excluding carboxylic acids is 1. The quantitative estimate of drug-likeness (QED) is 0.687. The average Bonchev–Trinajstić information content (AvgIpc) is 2.69. The Labute approximate surface area is 117 Å². The van der Waals surface area contributed by atoms with Crippen LogP contribution in [0.5, 0.6) is 0 Å². The number of benzene rings is 1. The molecule has 102 valence electrons. The minimum Gasteiger partial charge on any atom is -0.324 e. The molecule has 0 fully saturated rings. The molecular formula is C12H15BrN4O2. The SMILES string of the molecule is CCC[C@@H](N)C(=O)Nc1cc2[nH]c(=O)[nH]c2cc1Br. The molecule has 0 aliphatic heterocycles. The Bertz CT molecular complexity index is 661. The van der Waals surface area contributed by atoms with Gasteiger partial charge in [0.25, 0.3) is 0 Å². The summed E-state index contributed by atoms with van der Waals surface area (Å²) in [5.74, 6) is -0.236. The number of anilines is 1. The number of nitrogens with two attached hydrogens (primary N) is 1. The minimum atomic E-state index is -0.530. The highest BCUT2D eigenvalue weighted by molar-refractivity contribution is 9.10. The molecule has 0 unspecified atom stereocenters. The van der Waals surface area contributed by atoms with Crippen molar-refractivity contribution in [2.24, 2.45) is 5.73 Å². The van der Waals surface area contributed by atoms with Gasteiger partial charge < -0.3 is 21.0 Å². The van der Waals surface area contributed by atoms with Crippen molar-refractivity contribution in [3.05, 3.63) is 27.1 Å². The molecule has 6 nitrogen and oxygen atoms in total. The molecule has 0 radical (unpaired) electrons. The number of imidazole rings is 1. The van der Waals surface area contributed by atoms with Gasteiger partial charge in [0, 0.05) is 4.47 Å². The van der Waals surface area contributed by atoms with Gasteiger partial charge in [-0.2, -0.15) is 0 Å². The maximum Gasteiger partial charge on any atom is 0.323 e. The Morgan fingerprint density at radius 3 is 2.68 bits per heavy atom. The lowest BCUT2D eigenvalue weighted by Gasteiger charge is -2.12. The Morgan fingerprint density at radius 1 is 1.42 bits per heavy atom. The molecule has 0 saturated carbocycles. The van der Waals surface area contributed by atoms with E-state index in [2.05, 4.69) is 31.2 Å². The van der Waals surface area contributed by atoms with Crippen LogP contribution in [0.4, 0.5) is 5.69 Å². The van der Waals surface area contributed by atoms with Gasteiger partial charge in [0.1, 0.15) is 0 Å². The Morgan fingerprint density at radius 2 is 2.05 bits per heavy atom. The van der Waals surface area contributed by atoms with Crippen LogP contribution in [0.15, 0.2) is 21.4 Å². The van der Waals surface area contributed by atoms with Gasteiger partial charge in [-0.25, -0.2) is 4.79 Å². The van der Waals surface area contributed by atoms with Gasteiger partial charge in [0.05, 0.1) is 22.8 Å². The Hall–Kier alpha value is -1.60. The summed E-state index contributed by atoms with van der Waals surface area (Å²) in [4.78, 5) is 28.3. The molecule has 1 aromatic heterocycles. The second-order valence-electron chi connectivity index (χ2n) is 4.34. The zero-order chi connectivity index (χ0) is 14.0. The number of H-pyrrole nitrogens is 2. The monoisotopic (exact) mass is 326 g/mol. The van der Waals surface area contributed by atoms with Gasteiger partial charge in [0.2, 0.25) is 5.91 Å². The van der Waals surface area contributed by atoms with Crippen molar-refractivity contribution in [1.82, 2.24) is 9.97 Å². The lowest BCUT2D eigenvalue weighted by Crippen LogP contribution is -2.35. The van der Waals surface area contributed by atoms with Crippen LogP contribution in [-0.2, 0) is 4.79 Å². The van der Waals surface area contributed by atoms with E-state index in [1.807, 2.05) is 6.92 Å². The molecule has 1 aromatic carbocycles. The van der Waals surface area contributed by atoms with E-state index in [-0.39, 0.29) is 11.6 Å². The molecule has 2 aromatic rings. The van der Waals surface area contributed by atoms with Gasteiger partial charge in [-0.3, -0.25) is 4.79 Å². The standard InChI is InChI=1S/C12H15BrN4O2/c1-2-3-7(14)11(18)15-8-5-10-9(4-6(8)13)16-12(19)17-10/h4-5,7H,2-3,14H2,1H3,(H,15,18)(H2,16,17,19)/t7-/m1/s1. The summed E-state index contributed by atoms with van der Waals surface area (Å²) in [6.07, 6.45) is 1.48. The molecule has 1 amide bonds. The number of carbonyl (C=O) groups is 1. The van der Waals surface area contributed by atoms with Crippen molar-refractivity contribution in [3.63, 3.8) is 0 Å². The van der Waals surface area contributed by atoms with Crippen LogP contribution < -0.4 is 16.7 Å². The highest BCUT2D eigenvalue weighted by atomic mass is 79.9. The maximum atomic E-state index is 11.9. The summed E-state index contributed by atoms with van der Waals surface area (Å²) in [6.45, 7) is 1.97. The highest BCUT2D eigenvalue weighted by Crippen LogP contribution is 2.26. The number of rotatable bonds is 4. The summed E-state index contributed by atoms with van der Waals surface area (Å²) in [5.41, 5.74) is 7.36. The topological polar surface area (TPSA) is 104 Å². The second-order valence-corrected chi connectivity index (χ2v) is 5.20. The van der Waals surface area contributed by atoms with E-state index in [9.17, 15) is 9.59 Å². The molecule has 7 heteroatoms. The molecule has 0 saturated heterocycles. The van der Waals surface area contributed by atoms with Crippen molar-refractivity contribution in [2.75, 3.05) is 5.32 Å². The van der Waals surface area contributed by atoms with Crippen molar-refractivity contribution < 1.29 is 4.79 Å². The number of amides is 1. The van der Waals surface area contributed by atoms with Crippen LogP contribution in [0.25, 0.3) is 11.0 Å². The first kappa shape index (κ1) is 13.8. The number of aromatic amines is 2. The van der Waals surface area contributed by atoms with Crippen LogP contribution in [0.2, 0.25) is 0 Å². The minimum absolute atomic E-state index is 0.236. The van der Waals surface area contributed by atoms with Gasteiger partial charge in [-0.15, -0.1) is 0 Å². The van der Waals surface area contributed by atoms with Crippen molar-refractivity contribution in [2.45, 2.75) is 25.8 Å². The Kier molecular flexibility index (Phi) is 4.06. The van der Waals surface area contributed by atoms with E-state index in [0.29, 0.717) is 27.6 Å². The van der Waals surface area contributed by atoms with Gasteiger partial charge in [0.15, 0.2) is 0 Å². The van der Waals surface area contributed by atoms with Crippen LogP contribution in [0.1, 0.15) is 19.8 Å². The average molecular weight is 327 g/mol. The molecule has 0 aliphatic rings. The number of fused-ring (bicyclic) bond motifs is 1. The summed E-state index contributed by atoms with van der Waals surface area (Å²) in [7, 11) is 0. The van der Waals surface area contributed by atoms with Gasteiger partial charge >= 0.3 is 5.69 Å². The Balaban J connectivity index is 2.27. The second kappa shape index (κ2) is 5.58. The smallest absolute Gasteiger partial charge is 0.323 e. The molecule has 5 N–H and O–H groups in total. The lowest BCUT2D eigenvalue weighted by atomic mass is 10.1. The number of halogens is 1. The first-order chi connectivity index (χ1) is 9.01. The van der Waals surface area contributed by atoms with Crippen molar-refractivity contribution in [3.8, 4) is 0 Å². The fourth-order valence-electron chi connectivity index (χ4n) is 1.82. The van der Waals surface area contributed by atoms with E-state index < -0.39 is 6.04 Å². The van der Waals surface area contributed by atoms with E-state index in [1.165, 1.54) is 0 Å². The summed E-state index contributed by atoms with van der Waals surface area (Å²) >= 11 is 3.35. The van der Waals surface area contributed by atoms with E-state index in [4.69, 9.17) is 5.73 Å². The van der Waals surface area contributed by atoms with Gasteiger partial charge in [-0.1, -0.05) is 13.3 Å². The van der Waals surface area contributed by atoms with E-state index in [0.717, 1.165) is 6.42 Å². The third kappa shape index (κ3) is 3.05. The largest absolute Gasteiger partial charge is 0.324 e. The number of hydrogen-bond acceptors (Lipinski definition) is 3. The highest BCUT2D eigenvalue weighted by Gasteiger charge is 2.14. The van der Waals surface area contributed by atoms with Crippen LogP contribution in [0, 0.1) is 0 Å². The van der Waals surface area contributed by atoms with Crippen LogP contribution >= 0.6 is 15.9 Å². The van der Waals surface area contributed by atoms with Crippen molar-refractivity contribution in [1.29, 1.82) is 0 Å². The molecule has 19 heavy (non-hydrogen) atoms. The molecule has 1 atom stereocenters. The summed E-state index contributed by atoms with van der Waals surface area (Å²) < 4.78 is 0.687. The fraction of sp³-hybridized carbons (Fsp3) is 0.333. The summed E-state index contributed by atoms with van der Waals surface area (Å²) in [6, 6.07) is 2.89. The summed E-state index contributed by atoms with van der Waals surface area (Å²) in [5, 5.41) is 2.75. The van der Waals surface area contributed by atoms with E-state index in [1.54, 1.807) is 12.1 Å². The predicted molar refractivity (Wildman–Crippen MR) is 78.1 cm³/mol. The molecular weight excluding hydrogens is 312 g/mol. The third-order valence-corrected chi connectivity index (χ3v) is 3.45. The van der Waals surface area contributed by atoms with Crippen molar-refractivity contribution >= 4 is 38.6 Å². The first-order valence-electron chi connectivity index (χ1n) is 5.99. The molecule has 1 heterocycles. The fourth-order valence-corrected chi connectivity index (χ4v) is 2.26. The number of nitrogens with one attached hydrogen (secondary N) is 3. The zero-order valence-corrected chi connectivity index (χ0v) is 12.0. The molecule has 0 spiro atoms. The lowest BCUT2D eigenvalue weighted by molar-refractivity contribution is -0.117.